The minimum absolute atomic E-state index is 0.112. The molecule has 0 saturated heterocycles. The molecule has 0 saturated carbocycles. The van der Waals surface area contributed by atoms with Crippen LogP contribution in [-0.4, -0.2) is 11.9 Å². The Hall–Kier alpha value is -3.86. The van der Waals surface area contributed by atoms with E-state index in [1.54, 1.807) is 48.5 Å². The van der Waals surface area contributed by atoms with E-state index in [0.29, 0.717) is 32.3 Å². The van der Waals surface area contributed by atoms with Crippen molar-refractivity contribution in [3.8, 4) is 0 Å². The van der Waals surface area contributed by atoms with Crippen molar-refractivity contribution >= 4 is 46.7 Å². The fourth-order valence-corrected chi connectivity index (χ4v) is 3.61. The summed E-state index contributed by atoms with van der Waals surface area (Å²) in [6, 6.07) is 27.5. The van der Waals surface area contributed by atoms with Gasteiger partial charge in [-0.25, -0.2) is 9.59 Å². The van der Waals surface area contributed by atoms with Crippen molar-refractivity contribution in [3.05, 3.63) is 140 Å². The lowest BCUT2D eigenvalue weighted by Gasteiger charge is -2.17. The van der Waals surface area contributed by atoms with E-state index in [0.717, 1.165) is 11.1 Å². The Morgan fingerprint density at radius 3 is 1.06 bits per heavy atom. The molecule has 0 atom stereocenters. The van der Waals surface area contributed by atoms with Gasteiger partial charge in [-0.15, -0.1) is 0 Å². The van der Waals surface area contributed by atoms with Crippen LogP contribution in [-0.2, 0) is 9.47 Å². The average molecular weight is 517 g/mol. The number of carbonyl (C=O) groups excluding carboxylic acids is 2. The van der Waals surface area contributed by atoms with Crippen molar-refractivity contribution in [1.82, 2.24) is 0 Å². The van der Waals surface area contributed by atoms with Gasteiger partial charge in [-0.1, -0.05) is 82.9 Å². The number of hydrogen-bond acceptors (Lipinski definition) is 4. The number of halogens is 2. The van der Waals surface area contributed by atoms with Crippen LogP contribution in [0.1, 0.15) is 43.0 Å². The van der Waals surface area contributed by atoms with E-state index in [-0.39, 0.29) is 11.5 Å². The Labute approximate surface area is 219 Å². The Kier molecular flexibility index (Phi) is 7.89. The van der Waals surface area contributed by atoms with Gasteiger partial charge in [0.25, 0.3) is 0 Å². The van der Waals surface area contributed by atoms with Crippen LogP contribution >= 0.6 is 23.2 Å². The molecule has 0 aromatic heterocycles. The summed E-state index contributed by atoms with van der Waals surface area (Å²) in [5.41, 5.74) is 3.80. The van der Waals surface area contributed by atoms with E-state index in [1.165, 1.54) is 0 Å². The van der Waals surface area contributed by atoms with Gasteiger partial charge in [0.1, 0.15) is 0 Å². The molecule has 0 radical (unpaired) electrons. The molecule has 0 aliphatic rings. The molecule has 0 aliphatic heterocycles. The molecule has 0 N–H and O–H groups in total. The summed E-state index contributed by atoms with van der Waals surface area (Å²) in [6.07, 6.45) is 0. The van der Waals surface area contributed by atoms with Crippen LogP contribution in [0.15, 0.2) is 97.1 Å². The normalized spacial score (nSPS) is 11.4. The fraction of sp³-hybridized carbons (Fsp3) is 0.0667. The quantitative estimate of drug-likeness (QED) is 0.147. The molecule has 4 aromatic rings. The van der Waals surface area contributed by atoms with Crippen LogP contribution < -0.4 is 0 Å². The first-order chi connectivity index (χ1) is 17.3. The first kappa shape index (κ1) is 25.2. The summed E-state index contributed by atoms with van der Waals surface area (Å²) in [5, 5.41) is 0.996. The zero-order valence-corrected chi connectivity index (χ0v) is 21.1. The van der Waals surface area contributed by atoms with Crippen LogP contribution in [0, 0.1) is 13.8 Å². The van der Waals surface area contributed by atoms with E-state index in [1.807, 2.05) is 62.4 Å². The highest BCUT2D eigenvalue weighted by atomic mass is 35.5. The van der Waals surface area contributed by atoms with Crippen LogP contribution in [0.3, 0.4) is 0 Å². The van der Waals surface area contributed by atoms with Gasteiger partial charge in [-0.3, -0.25) is 0 Å². The van der Waals surface area contributed by atoms with E-state index in [2.05, 4.69) is 0 Å². The molecule has 0 heterocycles. The van der Waals surface area contributed by atoms with Crippen molar-refractivity contribution in [2.45, 2.75) is 13.8 Å². The van der Waals surface area contributed by atoms with Crippen LogP contribution in [0.5, 0.6) is 0 Å². The summed E-state index contributed by atoms with van der Waals surface area (Å²) >= 11 is 11.9. The van der Waals surface area contributed by atoms with Gasteiger partial charge in [-0.05, 0) is 62.4 Å². The number of esters is 2. The van der Waals surface area contributed by atoms with Gasteiger partial charge in [0, 0.05) is 21.2 Å². The Morgan fingerprint density at radius 1 is 0.472 bits per heavy atom. The second kappa shape index (κ2) is 11.3. The maximum absolute atomic E-state index is 13.1. The molecule has 6 heteroatoms. The Bertz CT molecular complexity index is 1290. The van der Waals surface area contributed by atoms with E-state index in [9.17, 15) is 9.59 Å². The predicted molar refractivity (Wildman–Crippen MR) is 143 cm³/mol. The first-order valence-corrected chi connectivity index (χ1v) is 11.9. The largest absolute Gasteiger partial charge is 0.418 e. The monoisotopic (exact) mass is 516 g/mol. The number of rotatable bonds is 6. The smallest absolute Gasteiger partial charge is 0.343 e. The average Bonchev–Trinajstić information content (AvgIpc) is 2.88. The molecule has 0 bridgehead atoms. The summed E-state index contributed by atoms with van der Waals surface area (Å²) in [7, 11) is 0. The molecular formula is C30H22Cl2O4. The lowest BCUT2D eigenvalue weighted by atomic mass is 10.1. The van der Waals surface area contributed by atoms with Crippen molar-refractivity contribution in [2.24, 2.45) is 0 Å². The second-order valence-electron chi connectivity index (χ2n) is 8.18. The van der Waals surface area contributed by atoms with Gasteiger partial charge in [0.2, 0.25) is 0 Å². The van der Waals surface area contributed by atoms with Crippen molar-refractivity contribution in [1.29, 1.82) is 0 Å². The van der Waals surface area contributed by atoms with Crippen molar-refractivity contribution < 1.29 is 19.1 Å². The Morgan fingerprint density at radius 2 is 0.750 bits per heavy atom. The molecule has 4 nitrogen and oxygen atoms in total. The number of benzene rings is 4. The van der Waals surface area contributed by atoms with Gasteiger partial charge >= 0.3 is 11.9 Å². The van der Waals surface area contributed by atoms with Crippen molar-refractivity contribution in [3.63, 3.8) is 0 Å². The van der Waals surface area contributed by atoms with Gasteiger partial charge in [0.15, 0.2) is 11.5 Å². The molecule has 36 heavy (non-hydrogen) atoms. The van der Waals surface area contributed by atoms with Crippen LogP contribution in [0.25, 0.3) is 11.5 Å². The molecule has 180 valence electrons. The SMILES string of the molecule is Cc1ccc(/C(OC(=O)c2ccc(Cl)cc2)=C(\OC(=O)c2ccc(Cl)cc2)c2ccc(C)cc2)cc1. The topological polar surface area (TPSA) is 52.6 Å². The summed E-state index contributed by atoms with van der Waals surface area (Å²) in [5.74, 6) is -1.01. The third-order valence-corrected chi connectivity index (χ3v) is 5.89. The molecule has 0 fully saturated rings. The lowest BCUT2D eigenvalue weighted by molar-refractivity contribution is 0.0647. The number of carbonyl (C=O) groups is 2. The van der Waals surface area contributed by atoms with E-state index in [4.69, 9.17) is 32.7 Å². The van der Waals surface area contributed by atoms with Crippen LogP contribution in [0.4, 0.5) is 0 Å². The predicted octanol–water partition coefficient (Wildman–Crippen LogP) is 8.15. The molecule has 0 unspecified atom stereocenters. The first-order valence-electron chi connectivity index (χ1n) is 11.1. The van der Waals surface area contributed by atoms with E-state index >= 15 is 0 Å². The van der Waals surface area contributed by atoms with Gasteiger partial charge in [0.05, 0.1) is 11.1 Å². The lowest BCUT2D eigenvalue weighted by Crippen LogP contribution is -2.11. The highest BCUT2D eigenvalue weighted by Gasteiger charge is 2.23. The molecule has 4 rings (SSSR count). The summed E-state index contributed by atoms with van der Waals surface area (Å²) in [4.78, 5) is 26.3. The van der Waals surface area contributed by atoms with Gasteiger partial charge < -0.3 is 9.47 Å². The molecule has 4 aromatic carbocycles. The third-order valence-electron chi connectivity index (χ3n) is 5.38. The van der Waals surface area contributed by atoms with Crippen molar-refractivity contribution in [2.75, 3.05) is 0 Å². The second-order valence-corrected chi connectivity index (χ2v) is 9.06. The number of hydrogen-bond donors (Lipinski definition) is 0. The van der Waals surface area contributed by atoms with E-state index < -0.39 is 11.9 Å². The number of aryl methyl sites for hydroxylation is 2. The minimum atomic E-state index is -0.616. The molecule has 0 aliphatic carbocycles. The standard InChI is InChI=1S/C30H22Cl2O4/c1-19-3-7-21(8-4-19)27(35-29(33)23-11-15-25(31)16-12-23)28(22-9-5-20(2)6-10-22)36-30(34)24-13-17-26(32)18-14-24/h3-18H,1-2H3/b28-27+. The maximum atomic E-state index is 13.1. The highest BCUT2D eigenvalue weighted by molar-refractivity contribution is 6.31. The Balaban J connectivity index is 1.85. The number of ether oxygens (including phenoxy) is 2. The van der Waals surface area contributed by atoms with Gasteiger partial charge in [-0.2, -0.15) is 0 Å². The molecule has 0 spiro atoms. The zero-order valence-electron chi connectivity index (χ0n) is 19.6. The molecule has 0 amide bonds. The maximum Gasteiger partial charge on any atom is 0.343 e. The van der Waals surface area contributed by atoms with Crippen LogP contribution in [0.2, 0.25) is 10.0 Å². The minimum Gasteiger partial charge on any atom is -0.418 e. The fourth-order valence-electron chi connectivity index (χ4n) is 3.36. The summed E-state index contributed by atoms with van der Waals surface area (Å²) in [6.45, 7) is 3.91. The summed E-state index contributed by atoms with van der Waals surface area (Å²) < 4.78 is 11.8. The third kappa shape index (κ3) is 6.22. The highest BCUT2D eigenvalue weighted by Crippen LogP contribution is 2.31. The zero-order chi connectivity index (χ0) is 25.7. The molecular weight excluding hydrogens is 495 g/mol.